The largest absolute Gasteiger partial charge is 0.394 e. The highest BCUT2D eigenvalue weighted by molar-refractivity contribution is 5.87. The van der Waals surface area contributed by atoms with Crippen LogP contribution in [0.5, 0.6) is 0 Å². The molecule has 2 aliphatic rings. The predicted octanol–water partition coefficient (Wildman–Crippen LogP) is -0.587. The number of ketones is 1. The monoisotopic (exact) mass is 386 g/mol. The fourth-order valence-corrected chi connectivity index (χ4v) is 4.08. The molecule has 0 radical (unpaired) electrons. The van der Waals surface area contributed by atoms with E-state index in [1.54, 1.807) is 6.92 Å². The van der Waals surface area contributed by atoms with E-state index in [4.69, 9.17) is 9.47 Å². The van der Waals surface area contributed by atoms with E-state index in [1.165, 1.54) is 13.0 Å². The average Bonchev–Trinajstić information content (AvgIpc) is 2.53. The number of hydrogen-bond donors (Lipinski definition) is 5. The Morgan fingerprint density at radius 1 is 1.19 bits per heavy atom. The van der Waals surface area contributed by atoms with E-state index in [0.29, 0.717) is 12.0 Å². The van der Waals surface area contributed by atoms with E-state index in [0.717, 1.165) is 0 Å². The first kappa shape index (κ1) is 22.2. The summed E-state index contributed by atoms with van der Waals surface area (Å²) in [7, 11) is 0. The molecule has 8 heteroatoms. The summed E-state index contributed by atoms with van der Waals surface area (Å²) in [4.78, 5) is 11.4. The summed E-state index contributed by atoms with van der Waals surface area (Å²) in [6, 6.07) is 0. The molecule has 1 saturated heterocycles. The quantitative estimate of drug-likeness (QED) is 0.320. The molecule has 0 aromatic carbocycles. The van der Waals surface area contributed by atoms with E-state index in [2.05, 4.69) is 5.73 Å². The molecule has 0 aromatic heterocycles. The van der Waals surface area contributed by atoms with Crippen molar-refractivity contribution < 1.29 is 39.8 Å². The van der Waals surface area contributed by atoms with Crippen molar-refractivity contribution in [2.75, 3.05) is 6.61 Å². The lowest BCUT2D eigenvalue weighted by atomic mass is 9.65. The predicted molar refractivity (Wildman–Crippen MR) is 94.6 cm³/mol. The average molecular weight is 386 g/mol. The zero-order valence-electron chi connectivity index (χ0n) is 16.1. The summed E-state index contributed by atoms with van der Waals surface area (Å²) in [5, 5.41) is 49.8. The molecule has 1 saturated carbocycles. The molecule has 1 aliphatic carbocycles. The molecule has 0 bridgehead atoms. The van der Waals surface area contributed by atoms with E-state index in [9.17, 15) is 30.3 Å². The minimum Gasteiger partial charge on any atom is -0.394 e. The fraction of sp³-hybridized carbons (Fsp3) is 0.789. The van der Waals surface area contributed by atoms with Gasteiger partial charge in [0.2, 0.25) is 0 Å². The first-order valence-electron chi connectivity index (χ1n) is 9.06. The maximum atomic E-state index is 11.4. The number of hydrogen-bond acceptors (Lipinski definition) is 8. The smallest absolute Gasteiger partial charge is 0.187 e. The third kappa shape index (κ3) is 4.67. The Hall–Kier alpha value is -1.09. The molecule has 5 N–H and O–H groups in total. The lowest BCUT2D eigenvalue weighted by Gasteiger charge is -2.49. The zero-order valence-corrected chi connectivity index (χ0v) is 16.1. The second kappa shape index (κ2) is 8.11. The van der Waals surface area contributed by atoms with E-state index in [-0.39, 0.29) is 12.2 Å². The van der Waals surface area contributed by atoms with Crippen LogP contribution in [0.2, 0.25) is 0 Å². The van der Waals surface area contributed by atoms with Gasteiger partial charge >= 0.3 is 0 Å². The summed E-state index contributed by atoms with van der Waals surface area (Å²) >= 11 is 0. The number of carbonyl (C=O) groups excluding carboxylic acids is 1. The van der Waals surface area contributed by atoms with Crippen LogP contribution in [0.3, 0.4) is 0 Å². The molecule has 2 rings (SSSR count). The van der Waals surface area contributed by atoms with Crippen molar-refractivity contribution in [3.05, 3.63) is 17.4 Å². The van der Waals surface area contributed by atoms with E-state index < -0.39 is 54.4 Å². The molecule has 2 fully saturated rings. The summed E-state index contributed by atoms with van der Waals surface area (Å²) in [5.74, 6) is -0.195. The van der Waals surface area contributed by atoms with E-state index >= 15 is 0 Å². The molecule has 0 unspecified atom stereocenters. The molecule has 27 heavy (non-hydrogen) atoms. The number of aliphatic hydroxyl groups is 5. The Labute approximate surface area is 158 Å². The summed E-state index contributed by atoms with van der Waals surface area (Å²) in [6.45, 7) is 6.30. The van der Waals surface area contributed by atoms with E-state index in [1.807, 2.05) is 13.8 Å². The van der Waals surface area contributed by atoms with Crippen LogP contribution in [-0.4, -0.2) is 80.3 Å². The van der Waals surface area contributed by atoms with Crippen LogP contribution < -0.4 is 0 Å². The Morgan fingerprint density at radius 3 is 2.37 bits per heavy atom. The van der Waals surface area contributed by atoms with Gasteiger partial charge in [-0.3, -0.25) is 4.79 Å². The molecule has 154 valence electrons. The van der Waals surface area contributed by atoms with Gasteiger partial charge in [-0.05, 0) is 25.7 Å². The van der Waals surface area contributed by atoms with Gasteiger partial charge < -0.3 is 35.0 Å². The van der Waals surface area contributed by atoms with Gasteiger partial charge in [0.15, 0.2) is 12.1 Å². The van der Waals surface area contributed by atoms with Crippen molar-refractivity contribution in [1.29, 1.82) is 0 Å². The number of carbonyl (C=O) groups is 1. The highest BCUT2D eigenvalue weighted by Crippen LogP contribution is 2.48. The van der Waals surface area contributed by atoms with Crippen LogP contribution in [0.1, 0.15) is 40.5 Å². The van der Waals surface area contributed by atoms with Crippen molar-refractivity contribution in [1.82, 2.24) is 0 Å². The SMILES string of the molecule is CC(=O)C=C=C1C(C)(C)C[C@H](O)C[C@@]1(C)O[C@@H]1O[C@H](CO)[C@@H](O)[C@H](O)[C@H]1O. The van der Waals surface area contributed by atoms with Gasteiger partial charge in [0, 0.05) is 18.1 Å². The first-order chi connectivity index (χ1) is 12.4. The number of rotatable bonds is 4. The summed E-state index contributed by atoms with van der Waals surface area (Å²) in [6.07, 6.45) is -5.85. The molecule has 7 atom stereocenters. The number of ether oxygens (including phenoxy) is 2. The van der Waals surface area contributed by atoms with Crippen molar-refractivity contribution in [3.63, 3.8) is 0 Å². The molecule has 1 heterocycles. The summed E-state index contributed by atoms with van der Waals surface area (Å²) < 4.78 is 11.4. The van der Waals surface area contributed by atoms with Crippen molar-refractivity contribution >= 4 is 5.78 Å². The maximum Gasteiger partial charge on any atom is 0.187 e. The normalized spacial score (nSPS) is 41.7. The van der Waals surface area contributed by atoms with Crippen LogP contribution in [0.15, 0.2) is 17.4 Å². The standard InChI is InChI=1S/C19H30O8/c1-10(21)5-6-13-18(2,3)7-11(22)8-19(13,4)27-17-16(25)15(24)14(23)12(9-20)26-17/h5,11-12,14-17,20,22-25H,7-9H2,1-4H3/t6?,11-,12+,14+,15-,16+,17-,19+/m0/s1. The van der Waals surface area contributed by atoms with Gasteiger partial charge in [-0.25, -0.2) is 0 Å². The van der Waals surface area contributed by atoms with Crippen molar-refractivity contribution in [2.24, 2.45) is 5.41 Å². The maximum absolute atomic E-state index is 11.4. The third-order valence-electron chi connectivity index (χ3n) is 5.22. The fourth-order valence-electron chi connectivity index (χ4n) is 4.08. The third-order valence-corrected chi connectivity index (χ3v) is 5.22. The Morgan fingerprint density at radius 2 is 1.81 bits per heavy atom. The van der Waals surface area contributed by atoms with Gasteiger partial charge in [0.25, 0.3) is 0 Å². The molecule has 1 aliphatic heterocycles. The van der Waals surface area contributed by atoms with Gasteiger partial charge in [0.05, 0.1) is 18.3 Å². The van der Waals surface area contributed by atoms with Gasteiger partial charge in [-0.1, -0.05) is 13.8 Å². The topological polar surface area (TPSA) is 137 Å². The molecule has 0 spiro atoms. The second-order valence-electron chi connectivity index (χ2n) is 8.27. The van der Waals surface area contributed by atoms with Crippen LogP contribution in [0.4, 0.5) is 0 Å². The van der Waals surface area contributed by atoms with Crippen LogP contribution >= 0.6 is 0 Å². The Bertz CT molecular complexity index is 621. The molecule has 0 amide bonds. The highest BCUT2D eigenvalue weighted by Gasteiger charge is 2.51. The van der Waals surface area contributed by atoms with Gasteiger partial charge in [-0.2, -0.15) is 0 Å². The molecule has 8 nitrogen and oxygen atoms in total. The van der Waals surface area contributed by atoms with Gasteiger partial charge in [-0.15, -0.1) is 5.73 Å². The lowest BCUT2D eigenvalue weighted by Crippen LogP contribution is -2.61. The highest BCUT2D eigenvalue weighted by atomic mass is 16.7. The lowest BCUT2D eigenvalue weighted by molar-refractivity contribution is -0.325. The van der Waals surface area contributed by atoms with Crippen LogP contribution in [-0.2, 0) is 14.3 Å². The number of aliphatic hydroxyl groups excluding tert-OH is 5. The Balaban J connectivity index is 2.40. The minimum absolute atomic E-state index is 0.166. The molecular weight excluding hydrogens is 356 g/mol. The molecular formula is C19H30O8. The van der Waals surface area contributed by atoms with Crippen LogP contribution in [0.25, 0.3) is 0 Å². The van der Waals surface area contributed by atoms with Gasteiger partial charge in [0.1, 0.15) is 24.4 Å². The summed E-state index contributed by atoms with van der Waals surface area (Å²) in [5.41, 5.74) is 1.90. The minimum atomic E-state index is -1.56. The van der Waals surface area contributed by atoms with Crippen LogP contribution in [0, 0.1) is 5.41 Å². The Kier molecular flexibility index (Phi) is 6.67. The van der Waals surface area contributed by atoms with Crippen molar-refractivity contribution in [2.45, 2.75) is 82.9 Å². The zero-order chi connectivity index (χ0) is 20.6. The first-order valence-corrected chi connectivity index (χ1v) is 9.06. The van der Waals surface area contributed by atoms with Crippen molar-refractivity contribution in [3.8, 4) is 0 Å². The molecule has 0 aromatic rings. The second-order valence-corrected chi connectivity index (χ2v) is 8.27.